The number of hydrogen-bond acceptors (Lipinski definition) is 1. The molecule has 0 radical (unpaired) electrons. The Morgan fingerprint density at radius 3 is 2.36 bits per heavy atom. The van der Waals surface area contributed by atoms with E-state index >= 15 is 0 Å². The van der Waals surface area contributed by atoms with Crippen molar-refractivity contribution < 1.29 is 50.0 Å². The zero-order valence-corrected chi connectivity index (χ0v) is 17.2. The SMILES string of the molecule is CCOC1(C(C)(C)C2=[C]([Ti+2])CC=C2)CC=C(C)C=C1C.[Cl-].[Cl-]. The zero-order valence-electron chi connectivity index (χ0n) is 14.1. The van der Waals surface area contributed by atoms with Gasteiger partial charge in [-0.15, -0.1) is 0 Å². The molecule has 0 bridgehead atoms. The van der Waals surface area contributed by atoms with E-state index in [-0.39, 0.29) is 35.8 Å². The summed E-state index contributed by atoms with van der Waals surface area (Å²) < 4.78 is 7.86. The maximum atomic E-state index is 6.38. The van der Waals surface area contributed by atoms with Crippen molar-refractivity contribution >= 4 is 0 Å². The zero-order chi connectivity index (χ0) is 15.0. The third-order valence-electron chi connectivity index (χ3n) is 4.80. The van der Waals surface area contributed by atoms with E-state index in [0.717, 1.165) is 19.4 Å². The van der Waals surface area contributed by atoms with Gasteiger partial charge in [0, 0.05) is 0 Å². The van der Waals surface area contributed by atoms with Gasteiger partial charge in [0.15, 0.2) is 0 Å². The van der Waals surface area contributed by atoms with Crippen molar-refractivity contribution in [1.82, 2.24) is 0 Å². The van der Waals surface area contributed by atoms with Crippen molar-refractivity contribution in [2.45, 2.75) is 53.1 Å². The van der Waals surface area contributed by atoms with Crippen LogP contribution in [0.2, 0.25) is 0 Å². The van der Waals surface area contributed by atoms with Gasteiger partial charge in [-0.3, -0.25) is 0 Å². The largest absolute Gasteiger partial charge is 1.00 e. The van der Waals surface area contributed by atoms with Gasteiger partial charge in [0.2, 0.25) is 0 Å². The van der Waals surface area contributed by atoms with Crippen LogP contribution >= 0.6 is 0 Å². The quantitative estimate of drug-likeness (QED) is 0.564. The first-order chi connectivity index (χ1) is 9.35. The summed E-state index contributed by atoms with van der Waals surface area (Å²) in [4.78, 5) is 0. The van der Waals surface area contributed by atoms with Crippen molar-refractivity contribution in [2.24, 2.45) is 5.41 Å². The Bertz CT molecular complexity index is 529. The van der Waals surface area contributed by atoms with E-state index in [1.807, 2.05) is 0 Å². The molecule has 2 aliphatic rings. The standard InChI is InChI=1S/C18H25O.2ClH.Ti/c1-6-19-18(12-11-14(2)13-15(18)3)17(4,5)16-9-7-8-10-16;;;/h7,9,11,13H,6,8,12H2,1-5H3;2*1H;/q;;;+2/p-2. The molecule has 0 aromatic rings. The molecule has 4 heteroatoms. The molecule has 2 aliphatic carbocycles. The first-order valence-corrected chi connectivity index (χ1v) is 8.24. The summed E-state index contributed by atoms with van der Waals surface area (Å²) in [7, 11) is 0. The Morgan fingerprint density at radius 2 is 1.91 bits per heavy atom. The fraction of sp³-hybridized carbons (Fsp3) is 0.556. The average molecular weight is 376 g/mol. The average Bonchev–Trinajstić information content (AvgIpc) is 2.80. The normalized spacial score (nSPS) is 24.5. The molecule has 1 unspecified atom stereocenters. The molecule has 0 aliphatic heterocycles. The summed E-state index contributed by atoms with van der Waals surface area (Å²) in [6.07, 6.45) is 11.2. The minimum Gasteiger partial charge on any atom is -1.00 e. The van der Waals surface area contributed by atoms with Gasteiger partial charge in [0.05, 0.1) is 0 Å². The van der Waals surface area contributed by atoms with Crippen LogP contribution in [0.5, 0.6) is 0 Å². The minimum absolute atomic E-state index is 0. The topological polar surface area (TPSA) is 9.23 Å². The van der Waals surface area contributed by atoms with E-state index in [9.17, 15) is 0 Å². The first kappa shape index (κ1) is 22.2. The number of ether oxygens (including phenoxy) is 1. The van der Waals surface area contributed by atoms with Crippen LogP contribution in [0.15, 0.2) is 44.9 Å². The third-order valence-corrected chi connectivity index (χ3v) is 5.54. The maximum Gasteiger partial charge on any atom is -1.00 e. The second-order valence-electron chi connectivity index (χ2n) is 6.36. The van der Waals surface area contributed by atoms with E-state index in [0.29, 0.717) is 0 Å². The summed E-state index contributed by atoms with van der Waals surface area (Å²) in [5.41, 5.74) is 3.92. The van der Waals surface area contributed by atoms with Gasteiger partial charge in [0.1, 0.15) is 0 Å². The van der Waals surface area contributed by atoms with Gasteiger partial charge in [-0.2, -0.15) is 0 Å². The summed E-state index contributed by atoms with van der Waals surface area (Å²) >= 11 is 2.25. The third kappa shape index (κ3) is 3.65. The van der Waals surface area contributed by atoms with Gasteiger partial charge >= 0.3 is 135 Å². The predicted octanol–water partition coefficient (Wildman–Crippen LogP) is -1.15. The summed E-state index contributed by atoms with van der Waals surface area (Å²) in [5.74, 6) is 0. The van der Waals surface area contributed by atoms with Gasteiger partial charge in [-0.05, 0) is 0 Å². The first-order valence-electron chi connectivity index (χ1n) is 7.46. The Balaban J connectivity index is 0.00000220. The van der Waals surface area contributed by atoms with Crippen LogP contribution in [0, 0.1) is 5.41 Å². The maximum absolute atomic E-state index is 6.38. The van der Waals surface area contributed by atoms with Crippen molar-refractivity contribution in [1.29, 1.82) is 0 Å². The van der Waals surface area contributed by atoms with Crippen LogP contribution in [-0.4, -0.2) is 12.2 Å². The van der Waals surface area contributed by atoms with Crippen LogP contribution in [0.1, 0.15) is 47.5 Å². The van der Waals surface area contributed by atoms with Crippen molar-refractivity contribution in [3.05, 3.63) is 44.9 Å². The van der Waals surface area contributed by atoms with Gasteiger partial charge in [-0.25, -0.2) is 0 Å². The monoisotopic (exact) mass is 375 g/mol. The Hall–Kier alpha value is 0.214. The second kappa shape index (κ2) is 8.35. The molecule has 22 heavy (non-hydrogen) atoms. The van der Waals surface area contributed by atoms with E-state index in [2.05, 4.69) is 79.4 Å². The molecule has 0 saturated carbocycles. The summed E-state index contributed by atoms with van der Waals surface area (Å²) in [6, 6.07) is 0. The molecule has 0 aromatic carbocycles. The molecule has 121 valence electrons. The molecule has 0 amide bonds. The fourth-order valence-electron chi connectivity index (χ4n) is 3.64. The Labute approximate surface area is 159 Å². The molecule has 0 saturated heterocycles. The van der Waals surface area contributed by atoms with Crippen LogP contribution in [0.4, 0.5) is 0 Å². The molecule has 1 atom stereocenters. The molecule has 0 fully saturated rings. The van der Waals surface area contributed by atoms with Crippen molar-refractivity contribution in [3.63, 3.8) is 0 Å². The summed E-state index contributed by atoms with van der Waals surface area (Å²) in [5, 5.41) is 0. The van der Waals surface area contributed by atoms with E-state index < -0.39 is 0 Å². The molecular weight excluding hydrogens is 351 g/mol. The smallest absolute Gasteiger partial charge is 1.00 e. The molecular formula is C18H25Cl2OTi. The fourth-order valence-corrected chi connectivity index (χ4v) is 4.44. The Kier molecular flexibility index (Phi) is 8.43. The van der Waals surface area contributed by atoms with E-state index in [4.69, 9.17) is 4.74 Å². The number of allylic oxidation sites excluding steroid dienone is 5. The predicted molar refractivity (Wildman–Crippen MR) is 81.1 cm³/mol. The number of halogens is 2. The van der Waals surface area contributed by atoms with Crippen LogP contribution in [0.25, 0.3) is 0 Å². The molecule has 0 aromatic heterocycles. The van der Waals surface area contributed by atoms with Gasteiger partial charge in [-0.1, -0.05) is 0 Å². The molecule has 2 rings (SSSR count). The van der Waals surface area contributed by atoms with Gasteiger partial charge in [0.25, 0.3) is 0 Å². The van der Waals surface area contributed by atoms with Crippen LogP contribution < -0.4 is 24.8 Å². The molecule has 1 nitrogen and oxygen atoms in total. The Morgan fingerprint density at radius 1 is 1.27 bits per heavy atom. The second-order valence-corrected chi connectivity index (χ2v) is 7.31. The van der Waals surface area contributed by atoms with Crippen LogP contribution in [-0.2, 0) is 25.2 Å². The summed E-state index contributed by atoms with van der Waals surface area (Å²) in [6.45, 7) is 11.9. The molecule has 0 N–H and O–H groups in total. The van der Waals surface area contributed by atoms with Crippen molar-refractivity contribution in [3.8, 4) is 0 Å². The van der Waals surface area contributed by atoms with Gasteiger partial charge < -0.3 is 24.8 Å². The van der Waals surface area contributed by atoms with Crippen LogP contribution in [0.3, 0.4) is 0 Å². The number of hydrogen-bond donors (Lipinski definition) is 0. The van der Waals surface area contributed by atoms with Crippen molar-refractivity contribution in [2.75, 3.05) is 6.61 Å². The molecule has 0 spiro atoms. The minimum atomic E-state index is -0.216. The van der Waals surface area contributed by atoms with E-state index in [1.165, 1.54) is 20.6 Å². The number of rotatable bonds is 4. The molecule has 0 heterocycles. The van der Waals surface area contributed by atoms with E-state index in [1.54, 1.807) is 0 Å².